The Kier molecular flexibility index (Phi) is 5.01. The molecule has 7 heteroatoms. The number of hydrogen-bond donors (Lipinski definition) is 1. The highest BCUT2D eigenvalue weighted by atomic mass is 16.2. The second-order valence-corrected chi connectivity index (χ2v) is 8.36. The number of pyridine rings is 1. The van der Waals surface area contributed by atoms with Crippen molar-refractivity contribution in [1.29, 1.82) is 0 Å². The van der Waals surface area contributed by atoms with E-state index in [1.165, 1.54) is 4.68 Å². The van der Waals surface area contributed by atoms with Crippen LogP contribution in [0.2, 0.25) is 0 Å². The third-order valence-electron chi connectivity index (χ3n) is 5.59. The third-order valence-corrected chi connectivity index (χ3v) is 5.59. The number of nitrogens with zero attached hydrogens (tertiary/aromatic N) is 4. The SMILES string of the molecule is Cc1ccn2cc(-c3ccc(NC(=O)c4nn(C(C)C)c(=O)c5ccccc45)cc3)nc2c1. The molecule has 5 aromatic rings. The molecule has 0 aliphatic rings. The fraction of sp³-hybridized carbons (Fsp3) is 0.154. The summed E-state index contributed by atoms with van der Waals surface area (Å²) in [5.41, 5.74) is 4.50. The van der Waals surface area contributed by atoms with Crippen molar-refractivity contribution in [1.82, 2.24) is 19.2 Å². The molecule has 0 aliphatic carbocycles. The van der Waals surface area contributed by atoms with E-state index in [1.54, 1.807) is 24.3 Å². The van der Waals surface area contributed by atoms with Crippen LogP contribution in [0.15, 0.2) is 77.9 Å². The zero-order valence-electron chi connectivity index (χ0n) is 18.6. The molecule has 0 aliphatic heterocycles. The minimum atomic E-state index is -0.364. The van der Waals surface area contributed by atoms with E-state index in [0.29, 0.717) is 16.5 Å². The highest BCUT2D eigenvalue weighted by molar-refractivity contribution is 6.11. The van der Waals surface area contributed by atoms with Gasteiger partial charge in [0.25, 0.3) is 11.5 Å². The molecule has 0 fully saturated rings. The maximum absolute atomic E-state index is 13.1. The molecule has 3 heterocycles. The second kappa shape index (κ2) is 8.02. The van der Waals surface area contributed by atoms with Crippen LogP contribution in [0.3, 0.4) is 0 Å². The largest absolute Gasteiger partial charge is 0.321 e. The number of carbonyl (C=O) groups excluding carboxylic acids is 1. The minimum Gasteiger partial charge on any atom is -0.321 e. The highest BCUT2D eigenvalue weighted by Crippen LogP contribution is 2.23. The van der Waals surface area contributed by atoms with Gasteiger partial charge in [-0.1, -0.05) is 30.3 Å². The molecule has 164 valence electrons. The fourth-order valence-corrected chi connectivity index (χ4v) is 3.86. The van der Waals surface area contributed by atoms with E-state index >= 15 is 0 Å². The quantitative estimate of drug-likeness (QED) is 0.436. The molecule has 2 aromatic carbocycles. The van der Waals surface area contributed by atoms with E-state index in [4.69, 9.17) is 0 Å². The smallest absolute Gasteiger partial charge is 0.276 e. The number of hydrogen-bond acceptors (Lipinski definition) is 4. The van der Waals surface area contributed by atoms with E-state index < -0.39 is 0 Å². The first-order valence-electron chi connectivity index (χ1n) is 10.8. The second-order valence-electron chi connectivity index (χ2n) is 8.36. The predicted octanol–water partition coefficient (Wildman–Crippen LogP) is 4.85. The summed E-state index contributed by atoms with van der Waals surface area (Å²) in [7, 11) is 0. The van der Waals surface area contributed by atoms with Gasteiger partial charge in [0.1, 0.15) is 5.65 Å². The molecule has 0 spiro atoms. The number of benzene rings is 2. The highest BCUT2D eigenvalue weighted by Gasteiger charge is 2.18. The van der Waals surface area contributed by atoms with Gasteiger partial charge in [0.15, 0.2) is 5.69 Å². The van der Waals surface area contributed by atoms with Crippen molar-refractivity contribution >= 4 is 28.0 Å². The van der Waals surface area contributed by atoms with Gasteiger partial charge in [0, 0.05) is 29.0 Å². The van der Waals surface area contributed by atoms with Crippen LogP contribution in [0.4, 0.5) is 5.69 Å². The summed E-state index contributed by atoms with van der Waals surface area (Å²) in [4.78, 5) is 30.5. The number of aryl methyl sites for hydroxylation is 1. The number of amides is 1. The van der Waals surface area contributed by atoms with Crippen LogP contribution in [0.1, 0.15) is 35.9 Å². The van der Waals surface area contributed by atoms with Crippen molar-refractivity contribution in [3.63, 3.8) is 0 Å². The van der Waals surface area contributed by atoms with Crippen LogP contribution in [-0.2, 0) is 0 Å². The number of aromatic nitrogens is 4. The fourth-order valence-electron chi connectivity index (χ4n) is 3.86. The summed E-state index contributed by atoms with van der Waals surface area (Å²) in [6.07, 6.45) is 3.97. The van der Waals surface area contributed by atoms with E-state index in [2.05, 4.69) is 15.4 Å². The van der Waals surface area contributed by atoms with Crippen LogP contribution in [0.25, 0.3) is 27.7 Å². The Morgan fingerprint density at radius 2 is 1.73 bits per heavy atom. The van der Waals surface area contributed by atoms with Crippen LogP contribution >= 0.6 is 0 Å². The molecule has 0 bridgehead atoms. The molecule has 1 amide bonds. The predicted molar refractivity (Wildman–Crippen MR) is 130 cm³/mol. The Bertz CT molecular complexity index is 1560. The zero-order valence-corrected chi connectivity index (χ0v) is 18.6. The average molecular weight is 438 g/mol. The van der Waals surface area contributed by atoms with Crippen LogP contribution in [-0.4, -0.2) is 25.1 Å². The number of imidazole rings is 1. The lowest BCUT2D eigenvalue weighted by Crippen LogP contribution is -2.28. The number of carbonyl (C=O) groups is 1. The van der Waals surface area contributed by atoms with Gasteiger partial charge in [0.05, 0.1) is 17.1 Å². The molecule has 5 rings (SSSR count). The lowest BCUT2D eigenvalue weighted by atomic mass is 10.1. The van der Waals surface area contributed by atoms with Crippen LogP contribution in [0.5, 0.6) is 0 Å². The van der Waals surface area contributed by atoms with Crippen molar-refractivity contribution in [2.24, 2.45) is 0 Å². The molecule has 0 atom stereocenters. The Labute approximate surface area is 190 Å². The molecule has 33 heavy (non-hydrogen) atoms. The van der Waals surface area contributed by atoms with Gasteiger partial charge in [-0.15, -0.1) is 0 Å². The molecule has 1 N–H and O–H groups in total. The van der Waals surface area contributed by atoms with E-state index in [-0.39, 0.29) is 23.2 Å². The number of anilines is 1. The van der Waals surface area contributed by atoms with Crippen molar-refractivity contribution < 1.29 is 4.79 Å². The van der Waals surface area contributed by atoms with E-state index in [0.717, 1.165) is 22.5 Å². The first-order chi connectivity index (χ1) is 15.9. The number of fused-ring (bicyclic) bond motifs is 2. The number of nitrogens with one attached hydrogen (secondary N) is 1. The van der Waals surface area contributed by atoms with Gasteiger partial charge in [-0.2, -0.15) is 5.10 Å². The molecule has 0 radical (unpaired) electrons. The third kappa shape index (κ3) is 3.78. The Balaban J connectivity index is 1.45. The standard InChI is InChI=1S/C26H23N5O2/c1-16(2)31-26(33)21-7-5-4-6-20(21)24(29-31)25(32)27-19-10-8-18(9-11-19)22-15-30-13-12-17(3)14-23(30)28-22/h4-16H,1-3H3,(H,27,32). The van der Waals surface area contributed by atoms with Crippen molar-refractivity contribution in [2.45, 2.75) is 26.8 Å². The minimum absolute atomic E-state index is 0.165. The Morgan fingerprint density at radius 3 is 2.45 bits per heavy atom. The first-order valence-corrected chi connectivity index (χ1v) is 10.8. The lowest BCUT2D eigenvalue weighted by molar-refractivity contribution is 0.102. The number of rotatable bonds is 4. The summed E-state index contributed by atoms with van der Waals surface area (Å²) < 4.78 is 3.34. The first kappa shape index (κ1) is 20.6. The van der Waals surface area contributed by atoms with Crippen molar-refractivity contribution in [2.75, 3.05) is 5.32 Å². The Morgan fingerprint density at radius 1 is 1.00 bits per heavy atom. The molecular weight excluding hydrogens is 414 g/mol. The molecule has 0 saturated heterocycles. The molecular formula is C26H23N5O2. The summed E-state index contributed by atoms with van der Waals surface area (Å²) >= 11 is 0. The monoisotopic (exact) mass is 437 g/mol. The average Bonchev–Trinajstić information content (AvgIpc) is 3.23. The lowest BCUT2D eigenvalue weighted by Gasteiger charge is -2.13. The summed E-state index contributed by atoms with van der Waals surface area (Å²) in [6, 6.07) is 18.5. The van der Waals surface area contributed by atoms with Gasteiger partial charge in [-0.25, -0.2) is 9.67 Å². The van der Waals surface area contributed by atoms with Gasteiger partial charge < -0.3 is 9.72 Å². The molecule has 0 unspecified atom stereocenters. The Hall–Kier alpha value is -4.26. The van der Waals surface area contributed by atoms with Gasteiger partial charge in [-0.05, 0) is 56.7 Å². The summed E-state index contributed by atoms with van der Waals surface area (Å²) in [5.74, 6) is -0.364. The maximum Gasteiger partial charge on any atom is 0.276 e. The van der Waals surface area contributed by atoms with Crippen LogP contribution < -0.4 is 10.9 Å². The maximum atomic E-state index is 13.1. The van der Waals surface area contributed by atoms with Crippen molar-refractivity contribution in [3.05, 3.63) is 94.7 Å². The van der Waals surface area contributed by atoms with Crippen molar-refractivity contribution in [3.8, 4) is 11.3 Å². The van der Waals surface area contributed by atoms with Gasteiger partial charge in [-0.3, -0.25) is 9.59 Å². The van der Waals surface area contributed by atoms with E-state index in [1.807, 2.05) is 74.0 Å². The summed E-state index contributed by atoms with van der Waals surface area (Å²) in [5, 5.41) is 8.29. The van der Waals surface area contributed by atoms with Crippen LogP contribution in [0, 0.1) is 6.92 Å². The topological polar surface area (TPSA) is 81.3 Å². The zero-order chi connectivity index (χ0) is 23.1. The molecule has 3 aromatic heterocycles. The van der Waals surface area contributed by atoms with Gasteiger partial charge >= 0.3 is 0 Å². The van der Waals surface area contributed by atoms with Gasteiger partial charge in [0.2, 0.25) is 0 Å². The molecule has 0 saturated carbocycles. The molecule has 7 nitrogen and oxygen atoms in total. The van der Waals surface area contributed by atoms with E-state index in [9.17, 15) is 9.59 Å². The normalized spacial score (nSPS) is 11.4. The summed E-state index contributed by atoms with van der Waals surface area (Å²) in [6.45, 7) is 5.77.